The van der Waals surface area contributed by atoms with Gasteiger partial charge in [0.1, 0.15) is 11.4 Å². The maximum Gasteiger partial charge on any atom is 0.261 e. The van der Waals surface area contributed by atoms with E-state index >= 15 is 0 Å². The molecule has 0 fully saturated rings. The Morgan fingerprint density at radius 1 is 1.26 bits per heavy atom. The topological polar surface area (TPSA) is 53.1 Å². The number of nitrogen functional groups attached to an aromatic ring is 1. The van der Waals surface area contributed by atoms with E-state index in [9.17, 15) is 0 Å². The lowest BCUT2D eigenvalue weighted by atomic mass is 9.82. The van der Waals surface area contributed by atoms with Crippen LogP contribution in [-0.4, -0.2) is 9.78 Å². The zero-order valence-electron chi connectivity index (χ0n) is 12.0. The molecule has 0 radical (unpaired) electrons. The van der Waals surface area contributed by atoms with Crippen LogP contribution in [0.1, 0.15) is 32.8 Å². The summed E-state index contributed by atoms with van der Waals surface area (Å²) in [7, 11) is 1.82. The highest BCUT2D eigenvalue weighted by atomic mass is 16.5. The standard InChI is InChI=1S/C15H21N3O/c1-5-15(2,3)11-6-8-12(9-7-11)19-14-13(16)10-18(4)17-14/h6-10H,5,16H2,1-4H3. The third-order valence-corrected chi connectivity index (χ3v) is 3.56. The molecule has 1 aromatic carbocycles. The van der Waals surface area contributed by atoms with E-state index in [4.69, 9.17) is 10.5 Å². The lowest BCUT2D eigenvalue weighted by Gasteiger charge is -2.23. The van der Waals surface area contributed by atoms with E-state index in [-0.39, 0.29) is 5.41 Å². The molecule has 4 heteroatoms. The van der Waals surface area contributed by atoms with Crippen LogP contribution >= 0.6 is 0 Å². The van der Waals surface area contributed by atoms with Crippen molar-refractivity contribution in [2.75, 3.05) is 5.73 Å². The molecule has 102 valence electrons. The average Bonchev–Trinajstić information content (AvgIpc) is 2.68. The monoisotopic (exact) mass is 259 g/mol. The molecule has 0 saturated carbocycles. The van der Waals surface area contributed by atoms with Crippen LogP contribution < -0.4 is 10.5 Å². The first kappa shape index (κ1) is 13.5. The van der Waals surface area contributed by atoms with Crippen molar-refractivity contribution in [3.8, 4) is 11.6 Å². The van der Waals surface area contributed by atoms with Gasteiger partial charge >= 0.3 is 0 Å². The summed E-state index contributed by atoms with van der Waals surface area (Å²) in [6.45, 7) is 6.66. The summed E-state index contributed by atoms with van der Waals surface area (Å²) in [5.41, 5.74) is 7.83. The van der Waals surface area contributed by atoms with Gasteiger partial charge in [0.05, 0.1) is 6.20 Å². The van der Waals surface area contributed by atoms with Gasteiger partial charge in [-0.05, 0) is 29.5 Å². The first-order valence-corrected chi connectivity index (χ1v) is 6.50. The van der Waals surface area contributed by atoms with E-state index in [1.165, 1.54) is 5.56 Å². The van der Waals surface area contributed by atoms with Crippen LogP contribution in [0.3, 0.4) is 0 Å². The molecular weight excluding hydrogens is 238 g/mol. The number of rotatable bonds is 4. The zero-order chi connectivity index (χ0) is 14.0. The lowest BCUT2D eigenvalue weighted by molar-refractivity contribution is 0.454. The van der Waals surface area contributed by atoms with E-state index in [2.05, 4.69) is 38.0 Å². The molecule has 2 rings (SSSR count). The Bertz CT molecular complexity index is 555. The maximum absolute atomic E-state index is 5.80. The fourth-order valence-corrected chi connectivity index (χ4v) is 1.86. The second-order valence-corrected chi connectivity index (χ2v) is 5.43. The summed E-state index contributed by atoms with van der Waals surface area (Å²) in [6, 6.07) is 8.11. The van der Waals surface area contributed by atoms with E-state index in [0.717, 1.165) is 12.2 Å². The number of hydrogen-bond donors (Lipinski definition) is 1. The Hall–Kier alpha value is -1.97. The SMILES string of the molecule is CCC(C)(C)c1ccc(Oc2nn(C)cc2N)cc1. The van der Waals surface area contributed by atoms with Crippen molar-refractivity contribution in [1.82, 2.24) is 9.78 Å². The molecule has 0 atom stereocenters. The van der Waals surface area contributed by atoms with E-state index in [1.54, 1.807) is 10.9 Å². The molecule has 0 aliphatic heterocycles. The van der Waals surface area contributed by atoms with E-state index < -0.39 is 0 Å². The second-order valence-electron chi connectivity index (χ2n) is 5.43. The van der Waals surface area contributed by atoms with Gasteiger partial charge in [0.25, 0.3) is 5.88 Å². The minimum absolute atomic E-state index is 0.183. The van der Waals surface area contributed by atoms with Crippen LogP contribution in [0.4, 0.5) is 5.69 Å². The third kappa shape index (κ3) is 2.89. The number of aryl methyl sites for hydroxylation is 1. The molecule has 1 aromatic heterocycles. The Balaban J connectivity index is 2.17. The number of anilines is 1. The first-order chi connectivity index (χ1) is 8.92. The molecule has 0 aliphatic carbocycles. The lowest BCUT2D eigenvalue weighted by Crippen LogP contribution is -2.14. The summed E-state index contributed by atoms with van der Waals surface area (Å²) >= 11 is 0. The number of ether oxygens (including phenoxy) is 1. The Morgan fingerprint density at radius 3 is 2.37 bits per heavy atom. The summed E-state index contributed by atoms with van der Waals surface area (Å²) in [5, 5.41) is 4.16. The number of benzene rings is 1. The van der Waals surface area contributed by atoms with Gasteiger partial charge in [-0.3, -0.25) is 4.68 Å². The highest BCUT2D eigenvalue weighted by Crippen LogP contribution is 2.30. The van der Waals surface area contributed by atoms with Crippen molar-refractivity contribution in [1.29, 1.82) is 0 Å². The third-order valence-electron chi connectivity index (χ3n) is 3.56. The highest BCUT2D eigenvalue weighted by Gasteiger charge is 2.17. The predicted molar refractivity (Wildman–Crippen MR) is 77.5 cm³/mol. The van der Waals surface area contributed by atoms with Crippen molar-refractivity contribution in [2.24, 2.45) is 7.05 Å². The molecule has 0 amide bonds. The van der Waals surface area contributed by atoms with Gasteiger partial charge in [-0.2, -0.15) is 0 Å². The maximum atomic E-state index is 5.80. The minimum atomic E-state index is 0.183. The first-order valence-electron chi connectivity index (χ1n) is 6.50. The van der Waals surface area contributed by atoms with Gasteiger partial charge in [0.15, 0.2) is 0 Å². The van der Waals surface area contributed by atoms with Gasteiger partial charge in [-0.15, -0.1) is 5.10 Å². The van der Waals surface area contributed by atoms with Crippen molar-refractivity contribution in [2.45, 2.75) is 32.6 Å². The minimum Gasteiger partial charge on any atom is -0.436 e. The fourth-order valence-electron chi connectivity index (χ4n) is 1.86. The summed E-state index contributed by atoms with van der Waals surface area (Å²) in [6.07, 6.45) is 2.82. The number of nitrogens with two attached hydrogens (primary N) is 1. The van der Waals surface area contributed by atoms with Gasteiger partial charge in [0.2, 0.25) is 0 Å². The molecule has 0 bridgehead atoms. The number of nitrogens with zero attached hydrogens (tertiary/aromatic N) is 2. The van der Waals surface area contributed by atoms with Crippen molar-refractivity contribution in [3.05, 3.63) is 36.0 Å². The van der Waals surface area contributed by atoms with Crippen LogP contribution in [0, 0.1) is 0 Å². The second kappa shape index (κ2) is 4.96. The van der Waals surface area contributed by atoms with Gasteiger partial charge in [-0.25, -0.2) is 0 Å². The summed E-state index contributed by atoms with van der Waals surface area (Å²) in [5.74, 6) is 1.20. The molecule has 0 unspecified atom stereocenters. The van der Waals surface area contributed by atoms with Crippen molar-refractivity contribution in [3.63, 3.8) is 0 Å². The number of hydrogen-bond acceptors (Lipinski definition) is 3. The molecule has 19 heavy (non-hydrogen) atoms. The van der Waals surface area contributed by atoms with Crippen molar-refractivity contribution >= 4 is 5.69 Å². The Kier molecular flexibility index (Phi) is 3.51. The van der Waals surface area contributed by atoms with Gasteiger partial charge in [-0.1, -0.05) is 32.9 Å². The largest absolute Gasteiger partial charge is 0.436 e. The van der Waals surface area contributed by atoms with Crippen LogP contribution in [0.25, 0.3) is 0 Å². The molecule has 2 aromatic rings. The molecule has 0 saturated heterocycles. The van der Waals surface area contributed by atoms with Gasteiger partial charge < -0.3 is 10.5 Å². The molecule has 0 spiro atoms. The molecule has 2 N–H and O–H groups in total. The molecule has 4 nitrogen and oxygen atoms in total. The van der Waals surface area contributed by atoms with Crippen LogP contribution in [0.15, 0.2) is 30.5 Å². The van der Waals surface area contributed by atoms with Crippen LogP contribution in [0.5, 0.6) is 11.6 Å². The highest BCUT2D eigenvalue weighted by molar-refractivity contribution is 5.48. The quantitative estimate of drug-likeness (QED) is 0.914. The van der Waals surface area contributed by atoms with Crippen LogP contribution in [0.2, 0.25) is 0 Å². The van der Waals surface area contributed by atoms with E-state index in [1.807, 2.05) is 19.2 Å². The molecule has 0 aliphatic rings. The predicted octanol–water partition coefficient (Wildman–Crippen LogP) is 3.48. The normalized spacial score (nSPS) is 11.6. The Labute approximate surface area is 114 Å². The Morgan fingerprint density at radius 2 is 1.89 bits per heavy atom. The molecular formula is C15H21N3O. The van der Waals surface area contributed by atoms with E-state index in [0.29, 0.717) is 11.6 Å². The smallest absolute Gasteiger partial charge is 0.261 e. The fraction of sp³-hybridized carbons (Fsp3) is 0.400. The van der Waals surface area contributed by atoms with Crippen LogP contribution in [-0.2, 0) is 12.5 Å². The summed E-state index contributed by atoms with van der Waals surface area (Å²) in [4.78, 5) is 0. The molecule has 1 heterocycles. The zero-order valence-corrected chi connectivity index (χ0v) is 12.0. The van der Waals surface area contributed by atoms with Gasteiger partial charge in [0, 0.05) is 7.05 Å². The number of aromatic nitrogens is 2. The summed E-state index contributed by atoms with van der Waals surface area (Å²) < 4.78 is 7.31. The van der Waals surface area contributed by atoms with Crippen molar-refractivity contribution < 1.29 is 4.74 Å². The average molecular weight is 259 g/mol.